The lowest BCUT2D eigenvalue weighted by atomic mass is 9.82. The number of carbonyl (C=O) groups excluding carboxylic acids is 1. The zero-order valence-electron chi connectivity index (χ0n) is 16.2. The molecule has 3 aromatic rings. The molecule has 1 aromatic heterocycles. The second kappa shape index (κ2) is 7.71. The topological polar surface area (TPSA) is 58.2 Å². The Balaban J connectivity index is 1.64. The molecule has 1 saturated heterocycles. The van der Waals surface area contributed by atoms with Gasteiger partial charge >= 0.3 is 0 Å². The average molecular weight is 417 g/mol. The van der Waals surface area contributed by atoms with Crippen molar-refractivity contribution in [1.29, 1.82) is 0 Å². The van der Waals surface area contributed by atoms with Crippen LogP contribution in [0.4, 0.5) is 14.5 Å². The van der Waals surface area contributed by atoms with Gasteiger partial charge in [-0.15, -0.1) is 9.24 Å². The van der Waals surface area contributed by atoms with Crippen molar-refractivity contribution in [3.05, 3.63) is 53.9 Å². The van der Waals surface area contributed by atoms with Gasteiger partial charge in [-0.05, 0) is 30.3 Å². The standard InChI is InChI=1S/C21H22F2N3O2P/c1-11(29)5-6-28-14-8-15(22)19(16(23)9-14)20-12(2)21(27)26(20)13-3-4-17-18(7-13)25-10-24-17/h3-4,7-12,20H,5-6,29H2,1-2H3,(H,24,25). The van der Waals surface area contributed by atoms with Crippen molar-refractivity contribution in [3.63, 3.8) is 0 Å². The number of hydrogen-bond acceptors (Lipinski definition) is 3. The number of hydrogen-bond donors (Lipinski definition) is 1. The predicted octanol–water partition coefficient (Wildman–Crippen LogP) is 4.60. The van der Waals surface area contributed by atoms with Crippen LogP contribution in [0.3, 0.4) is 0 Å². The summed E-state index contributed by atoms with van der Waals surface area (Å²) in [6.45, 7) is 4.07. The molecule has 1 N–H and O–H groups in total. The molecule has 1 aliphatic heterocycles. The van der Waals surface area contributed by atoms with Crippen molar-refractivity contribution in [3.8, 4) is 5.75 Å². The van der Waals surface area contributed by atoms with Crippen LogP contribution in [0.1, 0.15) is 31.9 Å². The molecule has 4 atom stereocenters. The first-order valence-corrected chi connectivity index (χ1v) is 10.2. The Kier molecular flexibility index (Phi) is 5.26. The molecule has 2 heterocycles. The molecule has 1 fully saturated rings. The molecule has 0 bridgehead atoms. The van der Waals surface area contributed by atoms with Crippen LogP contribution in [0.15, 0.2) is 36.7 Å². The highest BCUT2D eigenvalue weighted by Crippen LogP contribution is 2.45. The fraction of sp³-hybridized carbons (Fsp3) is 0.333. The van der Waals surface area contributed by atoms with Gasteiger partial charge in [0.15, 0.2) is 0 Å². The van der Waals surface area contributed by atoms with E-state index in [-0.39, 0.29) is 17.2 Å². The number of aromatic amines is 1. The Hall–Kier alpha value is -2.53. The van der Waals surface area contributed by atoms with E-state index < -0.39 is 23.6 Å². The van der Waals surface area contributed by atoms with Crippen LogP contribution in [-0.2, 0) is 4.79 Å². The molecular weight excluding hydrogens is 395 g/mol. The van der Waals surface area contributed by atoms with E-state index in [0.29, 0.717) is 23.5 Å². The number of benzene rings is 2. The minimum Gasteiger partial charge on any atom is -0.493 e. The van der Waals surface area contributed by atoms with Gasteiger partial charge in [-0.2, -0.15) is 0 Å². The highest BCUT2D eigenvalue weighted by atomic mass is 31.0. The SMILES string of the molecule is CC(P)CCOc1cc(F)c(C2C(C)C(=O)N2c2ccc3[nH]cnc3c2)c(F)c1. The first-order valence-electron chi connectivity index (χ1n) is 9.50. The number of H-pyrrole nitrogens is 1. The number of halogens is 2. The summed E-state index contributed by atoms with van der Waals surface area (Å²) in [6.07, 6.45) is 2.32. The molecule has 4 rings (SSSR count). The molecule has 0 saturated carbocycles. The monoisotopic (exact) mass is 417 g/mol. The Morgan fingerprint density at radius 2 is 2.00 bits per heavy atom. The van der Waals surface area contributed by atoms with Gasteiger partial charge in [0.2, 0.25) is 5.91 Å². The maximum absolute atomic E-state index is 14.9. The Morgan fingerprint density at radius 1 is 1.28 bits per heavy atom. The van der Waals surface area contributed by atoms with Crippen LogP contribution in [-0.4, -0.2) is 28.1 Å². The van der Waals surface area contributed by atoms with Crippen molar-refractivity contribution in [2.45, 2.75) is 32.0 Å². The van der Waals surface area contributed by atoms with Crippen molar-refractivity contribution in [2.24, 2.45) is 5.92 Å². The zero-order chi connectivity index (χ0) is 20.7. The summed E-state index contributed by atoms with van der Waals surface area (Å²) in [7, 11) is 2.65. The summed E-state index contributed by atoms with van der Waals surface area (Å²) in [5, 5.41) is 0. The van der Waals surface area contributed by atoms with Crippen LogP contribution >= 0.6 is 9.24 Å². The molecule has 0 spiro atoms. The number of β-lactam (4-membered cyclic amide) rings is 1. The molecule has 1 aliphatic rings. The molecule has 4 unspecified atom stereocenters. The van der Waals surface area contributed by atoms with E-state index in [0.717, 1.165) is 11.9 Å². The van der Waals surface area contributed by atoms with Gasteiger partial charge in [0.05, 0.1) is 35.9 Å². The van der Waals surface area contributed by atoms with E-state index in [4.69, 9.17) is 4.74 Å². The molecule has 29 heavy (non-hydrogen) atoms. The number of ether oxygens (including phenoxy) is 1. The number of rotatable bonds is 6. The number of nitrogens with one attached hydrogen (secondary N) is 1. The smallest absolute Gasteiger partial charge is 0.232 e. The first-order chi connectivity index (χ1) is 13.9. The molecule has 5 nitrogen and oxygen atoms in total. The van der Waals surface area contributed by atoms with Crippen molar-refractivity contribution < 1.29 is 18.3 Å². The van der Waals surface area contributed by atoms with Gasteiger partial charge in [-0.1, -0.05) is 13.8 Å². The average Bonchev–Trinajstić information content (AvgIpc) is 3.14. The minimum atomic E-state index is -0.722. The van der Waals surface area contributed by atoms with Crippen LogP contribution in [0.2, 0.25) is 0 Å². The Labute approximate surface area is 169 Å². The number of fused-ring (bicyclic) bond motifs is 1. The number of amides is 1. The van der Waals surface area contributed by atoms with Crippen LogP contribution in [0.5, 0.6) is 5.75 Å². The number of anilines is 1. The highest BCUT2D eigenvalue weighted by molar-refractivity contribution is 7.17. The van der Waals surface area contributed by atoms with E-state index in [1.807, 2.05) is 6.92 Å². The molecule has 0 radical (unpaired) electrons. The third-order valence-electron chi connectivity index (χ3n) is 5.25. The third-order valence-corrected chi connectivity index (χ3v) is 5.59. The third kappa shape index (κ3) is 3.60. The van der Waals surface area contributed by atoms with Crippen molar-refractivity contribution >= 4 is 31.9 Å². The minimum absolute atomic E-state index is 0.119. The Morgan fingerprint density at radius 3 is 2.69 bits per heavy atom. The van der Waals surface area contributed by atoms with E-state index in [2.05, 4.69) is 19.2 Å². The Bertz CT molecular complexity index is 1050. The van der Waals surface area contributed by atoms with Crippen molar-refractivity contribution in [1.82, 2.24) is 9.97 Å². The summed E-state index contributed by atoms with van der Waals surface area (Å²) in [4.78, 5) is 21.1. The van der Waals surface area contributed by atoms with Gasteiger partial charge < -0.3 is 14.6 Å². The van der Waals surface area contributed by atoms with Crippen LogP contribution in [0.25, 0.3) is 11.0 Å². The number of carbonyl (C=O) groups is 1. The molecule has 8 heteroatoms. The van der Waals surface area contributed by atoms with Gasteiger partial charge in [0.25, 0.3) is 0 Å². The van der Waals surface area contributed by atoms with E-state index >= 15 is 0 Å². The summed E-state index contributed by atoms with van der Waals surface area (Å²) >= 11 is 0. The van der Waals surface area contributed by atoms with Gasteiger partial charge in [-0.25, -0.2) is 13.8 Å². The number of aromatic nitrogens is 2. The predicted molar refractivity (Wildman–Crippen MR) is 111 cm³/mol. The van der Waals surface area contributed by atoms with Gasteiger partial charge in [0.1, 0.15) is 17.4 Å². The van der Waals surface area contributed by atoms with E-state index in [9.17, 15) is 13.6 Å². The fourth-order valence-electron chi connectivity index (χ4n) is 3.66. The second-order valence-corrected chi connectivity index (χ2v) is 8.60. The van der Waals surface area contributed by atoms with Gasteiger partial charge in [-0.3, -0.25) is 4.79 Å². The van der Waals surface area contributed by atoms with Crippen molar-refractivity contribution in [2.75, 3.05) is 11.5 Å². The van der Waals surface area contributed by atoms with E-state index in [1.165, 1.54) is 17.0 Å². The zero-order valence-corrected chi connectivity index (χ0v) is 17.3. The first kappa shape index (κ1) is 19.8. The summed E-state index contributed by atoms with van der Waals surface area (Å²) in [6, 6.07) is 6.93. The number of nitrogens with zero attached hydrogens (tertiary/aromatic N) is 2. The summed E-state index contributed by atoms with van der Waals surface area (Å²) < 4.78 is 35.2. The fourth-order valence-corrected chi connectivity index (χ4v) is 3.80. The molecule has 2 aromatic carbocycles. The van der Waals surface area contributed by atoms with Crippen LogP contribution in [0, 0.1) is 17.6 Å². The second-order valence-electron chi connectivity index (χ2n) is 7.46. The summed E-state index contributed by atoms with van der Waals surface area (Å²) in [5.74, 6) is -1.99. The quantitative estimate of drug-likeness (QED) is 0.471. The maximum Gasteiger partial charge on any atom is 0.232 e. The normalized spacial score (nSPS) is 20.0. The molecule has 1 amide bonds. The largest absolute Gasteiger partial charge is 0.493 e. The van der Waals surface area contributed by atoms with E-state index in [1.54, 1.807) is 31.5 Å². The molecule has 0 aliphatic carbocycles. The van der Waals surface area contributed by atoms with Gasteiger partial charge in [0, 0.05) is 23.4 Å². The highest BCUT2D eigenvalue weighted by Gasteiger charge is 2.48. The molecule has 152 valence electrons. The summed E-state index contributed by atoms with van der Waals surface area (Å²) in [5.41, 5.74) is 2.30. The lowest BCUT2D eigenvalue weighted by molar-refractivity contribution is -0.129. The van der Waals surface area contributed by atoms with Crippen LogP contribution < -0.4 is 9.64 Å². The molecular formula is C21H22F2N3O2P. The lowest BCUT2D eigenvalue weighted by Crippen LogP contribution is -2.54. The maximum atomic E-state index is 14.9. The lowest BCUT2D eigenvalue weighted by Gasteiger charge is -2.46. The number of imidazole rings is 1.